The lowest BCUT2D eigenvalue weighted by Gasteiger charge is -2.15. The zero-order chi connectivity index (χ0) is 10.7. The minimum atomic E-state index is -0.000216. The first-order valence-corrected chi connectivity index (χ1v) is 5.47. The van der Waals surface area contributed by atoms with E-state index in [2.05, 4.69) is 13.8 Å². The maximum Gasteiger partial charge on any atom is 0.0468 e. The Morgan fingerprint density at radius 3 is 2.33 bits per heavy atom. The minimum Gasteiger partial charge on any atom is -0.324 e. The van der Waals surface area contributed by atoms with Crippen LogP contribution in [-0.4, -0.2) is 0 Å². The Labute approximate surface area is 107 Å². The quantitative estimate of drug-likeness (QED) is 0.860. The van der Waals surface area contributed by atoms with Gasteiger partial charge in [0.15, 0.2) is 0 Å². The van der Waals surface area contributed by atoms with Crippen LogP contribution < -0.4 is 5.73 Å². The van der Waals surface area contributed by atoms with Crippen molar-refractivity contribution in [3.05, 3.63) is 33.8 Å². The van der Waals surface area contributed by atoms with Gasteiger partial charge in [0, 0.05) is 16.1 Å². The highest BCUT2D eigenvalue weighted by molar-refractivity contribution is 6.35. The van der Waals surface area contributed by atoms with Gasteiger partial charge in [-0.05, 0) is 30.0 Å². The van der Waals surface area contributed by atoms with E-state index in [1.54, 1.807) is 6.07 Å². The third kappa shape index (κ3) is 4.60. The summed E-state index contributed by atoms with van der Waals surface area (Å²) in [7, 11) is 0. The van der Waals surface area contributed by atoms with E-state index in [4.69, 9.17) is 28.9 Å². The Morgan fingerprint density at radius 2 is 1.87 bits per heavy atom. The maximum absolute atomic E-state index is 6.04. The SMILES string of the molecule is CC(C)C[C@@H](N)c1ccc(Cl)cc1Cl.Cl. The molecule has 0 amide bonds. The predicted octanol–water partition coefficient (Wildman–Crippen LogP) is 4.46. The summed E-state index contributed by atoms with van der Waals surface area (Å²) in [5.41, 5.74) is 7.00. The van der Waals surface area contributed by atoms with Crippen molar-refractivity contribution in [3.63, 3.8) is 0 Å². The van der Waals surface area contributed by atoms with Crippen molar-refractivity contribution in [3.8, 4) is 0 Å². The number of hydrogen-bond acceptors (Lipinski definition) is 1. The molecule has 86 valence electrons. The Bertz CT molecular complexity index is 313. The third-order valence-corrected chi connectivity index (χ3v) is 2.65. The molecular weight excluding hydrogens is 252 g/mol. The van der Waals surface area contributed by atoms with Gasteiger partial charge in [-0.15, -0.1) is 12.4 Å². The van der Waals surface area contributed by atoms with Crippen LogP contribution in [0, 0.1) is 5.92 Å². The molecule has 4 heteroatoms. The average molecular weight is 269 g/mol. The molecule has 0 radical (unpaired) electrons. The van der Waals surface area contributed by atoms with Gasteiger partial charge in [0.25, 0.3) is 0 Å². The molecule has 0 heterocycles. The van der Waals surface area contributed by atoms with Crippen molar-refractivity contribution in [2.45, 2.75) is 26.3 Å². The van der Waals surface area contributed by atoms with Crippen LogP contribution in [0.25, 0.3) is 0 Å². The van der Waals surface area contributed by atoms with Gasteiger partial charge in [0.05, 0.1) is 0 Å². The molecule has 0 bridgehead atoms. The van der Waals surface area contributed by atoms with E-state index in [-0.39, 0.29) is 18.4 Å². The molecule has 1 aromatic rings. The van der Waals surface area contributed by atoms with E-state index in [1.165, 1.54) is 0 Å². The average Bonchev–Trinajstić information content (AvgIpc) is 2.01. The maximum atomic E-state index is 6.04. The fraction of sp³-hybridized carbons (Fsp3) is 0.455. The summed E-state index contributed by atoms with van der Waals surface area (Å²) in [5.74, 6) is 0.566. The van der Waals surface area contributed by atoms with Crippen LogP contribution in [0.1, 0.15) is 31.9 Å². The molecule has 1 aromatic carbocycles. The van der Waals surface area contributed by atoms with E-state index < -0.39 is 0 Å². The molecule has 0 aliphatic heterocycles. The highest BCUT2D eigenvalue weighted by Crippen LogP contribution is 2.28. The molecule has 0 aliphatic rings. The number of halogens is 3. The summed E-state index contributed by atoms with van der Waals surface area (Å²) in [6.07, 6.45) is 0.932. The van der Waals surface area contributed by atoms with E-state index >= 15 is 0 Å². The number of rotatable bonds is 3. The molecule has 0 aliphatic carbocycles. The van der Waals surface area contributed by atoms with Crippen LogP contribution in [0.5, 0.6) is 0 Å². The summed E-state index contributed by atoms with van der Waals surface area (Å²) in [5, 5.41) is 1.31. The van der Waals surface area contributed by atoms with Gasteiger partial charge in [-0.3, -0.25) is 0 Å². The zero-order valence-corrected chi connectivity index (χ0v) is 11.2. The summed E-state index contributed by atoms with van der Waals surface area (Å²) in [4.78, 5) is 0. The molecule has 1 rings (SSSR count). The first kappa shape index (κ1) is 15.0. The van der Waals surface area contributed by atoms with Crippen LogP contribution in [-0.2, 0) is 0 Å². The largest absolute Gasteiger partial charge is 0.324 e. The molecule has 1 nitrogen and oxygen atoms in total. The normalized spacial score (nSPS) is 12.4. The highest BCUT2D eigenvalue weighted by atomic mass is 35.5. The van der Waals surface area contributed by atoms with E-state index in [1.807, 2.05) is 12.1 Å². The summed E-state index contributed by atoms with van der Waals surface area (Å²) >= 11 is 11.8. The summed E-state index contributed by atoms with van der Waals surface area (Å²) in [6.45, 7) is 4.29. The molecule has 0 fully saturated rings. The first-order valence-electron chi connectivity index (χ1n) is 4.71. The van der Waals surface area contributed by atoms with Crippen LogP contribution >= 0.6 is 35.6 Å². The van der Waals surface area contributed by atoms with Gasteiger partial charge in [0.2, 0.25) is 0 Å². The van der Waals surface area contributed by atoms with E-state index in [9.17, 15) is 0 Å². The lowest BCUT2D eigenvalue weighted by atomic mass is 9.98. The van der Waals surface area contributed by atoms with Gasteiger partial charge in [0.1, 0.15) is 0 Å². The predicted molar refractivity (Wildman–Crippen MR) is 70.1 cm³/mol. The monoisotopic (exact) mass is 267 g/mol. The van der Waals surface area contributed by atoms with E-state index in [0.717, 1.165) is 12.0 Å². The molecule has 2 N–H and O–H groups in total. The van der Waals surface area contributed by atoms with Crippen molar-refractivity contribution >= 4 is 35.6 Å². The number of hydrogen-bond donors (Lipinski definition) is 1. The standard InChI is InChI=1S/C11H15Cl2N.ClH/c1-7(2)5-11(14)9-4-3-8(12)6-10(9)13;/h3-4,6-7,11H,5,14H2,1-2H3;1H/t11-;/m1./s1. The Hall–Kier alpha value is 0.0500. The van der Waals surface area contributed by atoms with Gasteiger partial charge in [-0.2, -0.15) is 0 Å². The Morgan fingerprint density at radius 1 is 1.27 bits per heavy atom. The molecule has 0 spiro atoms. The second kappa shape index (κ2) is 6.59. The number of benzene rings is 1. The molecule has 0 saturated carbocycles. The van der Waals surface area contributed by atoms with Crippen LogP contribution in [0.2, 0.25) is 10.0 Å². The summed E-state index contributed by atoms with van der Waals surface area (Å²) in [6, 6.07) is 5.46. The van der Waals surface area contributed by atoms with Crippen molar-refractivity contribution in [2.75, 3.05) is 0 Å². The molecule has 0 aromatic heterocycles. The van der Waals surface area contributed by atoms with Gasteiger partial charge < -0.3 is 5.73 Å². The highest BCUT2D eigenvalue weighted by Gasteiger charge is 2.11. The lowest BCUT2D eigenvalue weighted by Crippen LogP contribution is -2.13. The number of nitrogens with two attached hydrogens (primary N) is 1. The molecule has 0 unspecified atom stereocenters. The fourth-order valence-corrected chi connectivity index (χ4v) is 1.99. The third-order valence-electron chi connectivity index (χ3n) is 2.09. The Kier molecular flexibility index (Phi) is 6.62. The smallest absolute Gasteiger partial charge is 0.0468 e. The van der Waals surface area contributed by atoms with Gasteiger partial charge in [-0.25, -0.2) is 0 Å². The van der Waals surface area contributed by atoms with Crippen molar-refractivity contribution in [2.24, 2.45) is 11.7 Å². The van der Waals surface area contributed by atoms with E-state index in [0.29, 0.717) is 16.0 Å². The molecular formula is C11H16Cl3N. The van der Waals surface area contributed by atoms with Crippen LogP contribution in [0.4, 0.5) is 0 Å². The lowest BCUT2D eigenvalue weighted by molar-refractivity contribution is 0.510. The molecule has 15 heavy (non-hydrogen) atoms. The van der Waals surface area contributed by atoms with Gasteiger partial charge >= 0.3 is 0 Å². The second-order valence-electron chi connectivity index (χ2n) is 3.90. The summed E-state index contributed by atoms with van der Waals surface area (Å²) < 4.78 is 0. The Balaban J connectivity index is 0.00000196. The zero-order valence-electron chi connectivity index (χ0n) is 8.84. The molecule has 1 atom stereocenters. The van der Waals surface area contributed by atoms with Crippen LogP contribution in [0.3, 0.4) is 0 Å². The molecule has 0 saturated heterocycles. The second-order valence-corrected chi connectivity index (χ2v) is 4.75. The minimum absolute atomic E-state index is 0. The van der Waals surface area contributed by atoms with Crippen molar-refractivity contribution in [1.82, 2.24) is 0 Å². The van der Waals surface area contributed by atoms with Gasteiger partial charge in [-0.1, -0.05) is 43.1 Å². The van der Waals surface area contributed by atoms with Crippen molar-refractivity contribution < 1.29 is 0 Å². The van der Waals surface area contributed by atoms with Crippen molar-refractivity contribution in [1.29, 1.82) is 0 Å². The first-order chi connectivity index (χ1) is 6.50. The fourth-order valence-electron chi connectivity index (χ4n) is 1.44. The van der Waals surface area contributed by atoms with Crippen LogP contribution in [0.15, 0.2) is 18.2 Å². The topological polar surface area (TPSA) is 26.0 Å².